The van der Waals surface area contributed by atoms with Crippen molar-refractivity contribution < 1.29 is 101 Å². The maximum Gasteiger partial charge on any atom is 0.329 e. The van der Waals surface area contributed by atoms with Gasteiger partial charge in [0.15, 0.2) is 17.8 Å². The van der Waals surface area contributed by atoms with Gasteiger partial charge in [0, 0.05) is 104 Å². The average molecular weight is 1710 g/mol. The number of nitrogen functional groups attached to an aromatic ring is 2. The van der Waals surface area contributed by atoms with Crippen molar-refractivity contribution in [2.75, 3.05) is 132 Å². The smallest absolute Gasteiger partial charge is 0.329 e. The summed E-state index contributed by atoms with van der Waals surface area (Å²) in [6.07, 6.45) is 19.0. The van der Waals surface area contributed by atoms with Gasteiger partial charge in [-0.25, -0.2) is 24.1 Å². The number of ether oxygens (including phenoxy) is 12. The number of rotatable bonds is 39. The van der Waals surface area contributed by atoms with Gasteiger partial charge in [-0.1, -0.05) is 81.4 Å². The van der Waals surface area contributed by atoms with Gasteiger partial charge in [0.25, 0.3) is 17.7 Å². The lowest BCUT2D eigenvalue weighted by molar-refractivity contribution is -0.265. The number of oxime groups is 1. The van der Waals surface area contributed by atoms with E-state index in [1.165, 1.54) is 18.3 Å². The Kier molecular flexibility index (Phi) is 40.7. The molecule has 16 atom stereocenters. The molecule has 3 fully saturated rings. The second-order valence-corrected chi connectivity index (χ2v) is 32.8. The molecule has 34 heteroatoms. The van der Waals surface area contributed by atoms with Crippen LogP contribution in [0.15, 0.2) is 87.9 Å². The van der Waals surface area contributed by atoms with Crippen LogP contribution in [0, 0.1) is 35.5 Å². The van der Waals surface area contributed by atoms with Crippen molar-refractivity contribution in [3.63, 3.8) is 0 Å². The van der Waals surface area contributed by atoms with Crippen molar-refractivity contribution in [3.05, 3.63) is 84.0 Å². The number of unbranched alkanes of at least 4 members (excludes halogenated alkanes) is 2. The number of fused-ring (bicyclic) bond motifs is 5. The van der Waals surface area contributed by atoms with Crippen molar-refractivity contribution >= 4 is 63.2 Å². The molecule has 1 aliphatic carbocycles. The number of allylic oxidation sites excluding steroid dienone is 5. The largest absolute Gasteiger partial charge is 0.460 e. The molecule has 4 aromatic heterocycles. The number of anilines is 2. The molecule has 9 rings (SSSR count). The number of aryl methyl sites for hydroxylation is 1. The number of carbonyl (C=O) groups is 4. The zero-order valence-corrected chi connectivity index (χ0v) is 73.4. The monoisotopic (exact) mass is 1710 g/mol. The Hall–Kier alpha value is -8.07. The van der Waals surface area contributed by atoms with Crippen LogP contribution in [0.25, 0.3) is 33.4 Å². The van der Waals surface area contributed by atoms with Gasteiger partial charge in [-0.2, -0.15) is 10.1 Å². The van der Waals surface area contributed by atoms with Gasteiger partial charge in [-0.15, -0.1) is 5.10 Å². The van der Waals surface area contributed by atoms with Crippen LogP contribution in [-0.2, 0) is 101 Å². The zero-order valence-electron chi connectivity index (χ0n) is 73.4. The molecule has 3 aliphatic heterocycles. The van der Waals surface area contributed by atoms with Crippen molar-refractivity contribution in [2.45, 2.75) is 238 Å². The van der Waals surface area contributed by atoms with E-state index in [1.54, 1.807) is 45.2 Å². The second-order valence-electron chi connectivity index (χ2n) is 32.8. The van der Waals surface area contributed by atoms with Crippen LogP contribution in [-0.4, -0.2) is 271 Å². The molecular formula is C88H135N13O21. The van der Waals surface area contributed by atoms with Crippen LogP contribution in [0.4, 0.5) is 11.8 Å². The van der Waals surface area contributed by atoms with Crippen LogP contribution in [0.2, 0.25) is 0 Å². The Bertz CT molecular complexity index is 4190. The summed E-state index contributed by atoms with van der Waals surface area (Å²) < 4.78 is 80.1. The number of esters is 1. The number of methoxy groups -OCH3 is 4. The summed E-state index contributed by atoms with van der Waals surface area (Å²) in [5.74, 6) is -6.35. The normalized spacial score (nSPS) is 28.0. The number of carbonyl (C=O) groups excluding carboxylic acids is 4. The molecule has 122 heavy (non-hydrogen) atoms. The fraction of sp³-hybridized carbons (Fsp3) is 0.693. The number of benzene rings is 1. The Morgan fingerprint density at radius 1 is 0.754 bits per heavy atom. The first-order valence-electron chi connectivity index (χ1n) is 43.5. The summed E-state index contributed by atoms with van der Waals surface area (Å²) in [6.45, 7) is 20.4. The fourth-order valence-corrected chi connectivity index (χ4v) is 16.4. The number of nitrogens with two attached hydrogens (primary N) is 2. The van der Waals surface area contributed by atoms with Gasteiger partial charge < -0.3 is 103 Å². The third-order valence-electron chi connectivity index (χ3n) is 23.5. The number of oxazole rings is 1. The Morgan fingerprint density at radius 3 is 2.18 bits per heavy atom. The van der Waals surface area contributed by atoms with Gasteiger partial charge in [0.05, 0.1) is 120 Å². The van der Waals surface area contributed by atoms with E-state index in [9.17, 15) is 34.5 Å². The molecule has 1 aromatic carbocycles. The number of hydrogen-bond donors (Lipinski definition) is 6. The average Bonchev–Trinajstić information content (AvgIpc) is 1.60. The van der Waals surface area contributed by atoms with Crippen molar-refractivity contribution in [1.29, 1.82) is 0 Å². The Labute approximate surface area is 716 Å². The summed E-state index contributed by atoms with van der Waals surface area (Å²) >= 11 is 0. The molecule has 0 radical (unpaired) electrons. The fourth-order valence-electron chi connectivity index (χ4n) is 16.4. The number of aliphatic hydroxyl groups excluding tert-OH is 2. The van der Waals surface area contributed by atoms with Gasteiger partial charge in [-0.05, 0) is 151 Å². The molecule has 0 spiro atoms. The molecule has 1 saturated carbocycles. The number of piperidine rings is 1. The maximum absolute atomic E-state index is 14.9. The predicted molar refractivity (Wildman–Crippen MR) is 456 cm³/mol. The summed E-state index contributed by atoms with van der Waals surface area (Å²) in [5.41, 5.74) is 17.7. The lowest BCUT2D eigenvalue weighted by Crippen LogP contribution is -2.61. The van der Waals surface area contributed by atoms with Crippen molar-refractivity contribution in [3.8, 4) is 11.3 Å². The minimum Gasteiger partial charge on any atom is -0.460 e. The lowest BCUT2D eigenvalue weighted by atomic mass is 9.78. The predicted octanol–water partition coefficient (Wildman–Crippen LogP) is 9.20. The Morgan fingerprint density at radius 2 is 1.47 bits per heavy atom. The highest BCUT2D eigenvalue weighted by Crippen LogP contribution is 2.40. The highest BCUT2D eigenvalue weighted by atomic mass is 16.6. The number of nitrogens with one attached hydrogen (secondary N) is 1. The number of ketones is 1. The molecule has 7 heterocycles. The topological polar surface area (TPSA) is 429 Å². The molecular weight excluding hydrogens is 1580 g/mol. The van der Waals surface area contributed by atoms with Crippen LogP contribution < -0.4 is 16.8 Å². The highest BCUT2D eigenvalue weighted by molar-refractivity contribution is 6.39. The standard InChI is InChI=1S/C88H135N13O21/c1-57-21-13-12-14-22-58(2)72(109-8)52-67-27-24-63(7)88(108,122-67)82(105)85(106)100-32-17-15-23-69(100)86(107)120-74(60(4)49-64-25-28-70(102)75(50-64)111-10)53-73(110-9)59(3)48-62(6)80(104)81(112-11)78(61(5)47-57)97-119-55-66-54-99(98-95-66)34-38-115-40-42-117-44-46-118-45-43-116-41-39-114-36-20-19-35-113-37-30-76(103)91-31-16-18-33-101-84-77(83(89)92-56-93-84)79(96-101)65-26-29-71-68(51-65)94-87(90)121-71/h12-14,21-22,26,29,48,51,54,56-57,59-61,63-64,67,69-70,72-75,80-81,102,104,108H,15-20,23-25,27-28,30-47,49-50,52-53,55H2,1-11H3,(H2,90,94)(H,91,103)(H2,89,92,93)/b14-12+,21-13+,58-22+,62-48+,97-78?/t57-,59-,60-,61-,63-,64+,67+,69+,70-,72+,73-,74+,75-,80-,81+,88-/m1/s1. The van der Waals surface area contributed by atoms with Crippen LogP contribution in [0.3, 0.4) is 0 Å². The van der Waals surface area contributed by atoms with Crippen molar-refractivity contribution in [2.24, 2.45) is 40.7 Å². The quantitative estimate of drug-likeness (QED) is 0.00701. The Balaban J connectivity index is 0.675. The number of Topliss-reactive ketones (excluding diaryl/α,β-unsaturated/α-hetero) is 1. The van der Waals surface area contributed by atoms with Gasteiger partial charge in [-0.3, -0.25) is 14.4 Å². The van der Waals surface area contributed by atoms with Gasteiger partial charge >= 0.3 is 5.97 Å². The van der Waals surface area contributed by atoms with E-state index < -0.39 is 78.1 Å². The van der Waals surface area contributed by atoms with Crippen LogP contribution >= 0.6 is 0 Å². The third kappa shape index (κ3) is 29.3. The van der Waals surface area contributed by atoms with E-state index >= 15 is 0 Å². The first kappa shape index (κ1) is 97.7. The minimum atomic E-state index is -2.44. The molecule has 34 nitrogen and oxygen atoms in total. The number of hydrogen-bond acceptors (Lipinski definition) is 30. The van der Waals surface area contributed by atoms with Gasteiger partial charge in [0.2, 0.25) is 11.7 Å². The van der Waals surface area contributed by atoms with Gasteiger partial charge in [0.1, 0.15) is 53.4 Å². The van der Waals surface area contributed by atoms with Crippen LogP contribution in [0.5, 0.6) is 0 Å². The van der Waals surface area contributed by atoms with Crippen LogP contribution in [0.1, 0.15) is 163 Å². The number of amides is 2. The summed E-state index contributed by atoms with van der Waals surface area (Å²) in [4.78, 5) is 76.7. The first-order valence-corrected chi connectivity index (χ1v) is 43.5. The number of nitrogens with zero attached hydrogens (tertiary/aromatic N) is 10. The highest BCUT2D eigenvalue weighted by Gasteiger charge is 2.53. The van der Waals surface area contributed by atoms with E-state index in [1.807, 2.05) is 81.8 Å². The molecule has 2 amide bonds. The summed E-state index contributed by atoms with van der Waals surface area (Å²) in [5, 5.41) is 57.1. The molecule has 5 aromatic rings. The molecule has 8 N–H and O–H groups in total. The summed E-state index contributed by atoms with van der Waals surface area (Å²) in [6, 6.07) is 4.48. The number of aromatic nitrogens is 8. The first-order chi connectivity index (χ1) is 58.9. The van der Waals surface area contributed by atoms with E-state index in [-0.39, 0.29) is 80.0 Å². The van der Waals surface area contributed by atoms with Crippen molar-refractivity contribution in [1.82, 2.24) is 49.9 Å². The maximum atomic E-state index is 14.9. The molecule has 4 aliphatic rings. The molecule has 2 bridgehead atoms. The third-order valence-corrected chi connectivity index (χ3v) is 23.5. The molecule has 2 saturated heterocycles. The zero-order chi connectivity index (χ0) is 87.5. The molecule has 0 unspecified atom stereocenters. The van der Waals surface area contributed by atoms with E-state index in [2.05, 4.69) is 43.6 Å². The number of cyclic esters (lactones) is 1. The van der Waals surface area contributed by atoms with E-state index in [0.717, 1.165) is 43.2 Å². The second kappa shape index (κ2) is 50.8. The van der Waals surface area contributed by atoms with E-state index in [4.69, 9.17) is 87.8 Å². The summed E-state index contributed by atoms with van der Waals surface area (Å²) in [7, 11) is 6.32. The number of aliphatic hydroxyl groups is 3. The minimum absolute atomic E-state index is 0.0230. The molecule has 678 valence electrons. The lowest BCUT2D eigenvalue weighted by Gasteiger charge is -2.43. The van der Waals surface area contributed by atoms with E-state index in [0.29, 0.717) is 207 Å². The SMILES string of the molecule is CO[C@H]1C[C@@H]2CC[C@@H](C)[C@@](O)(O2)C(=O)C(=O)N2CCCC[C@H]2C(=O)O[C@H]([C@H](C)C[C@@H]2CC[C@@H](O)[C@H](OC)C2)C[C@@H](OC)[C@H](C)/C=C(\C)[C@@H](O)[C@@H](OC)C(=NOCc2cn(CCOCCOCCOCCOCCOCCCCOCCC(=O)NCCCCn3nc(-c4ccc5oc(N)nc5c4)c4c(N)ncnc43)nn2)[C@H](C)C[C@H](C)/C=C/C=C/C=C/1C.